The molecule has 0 heterocycles. The van der Waals surface area contributed by atoms with E-state index in [1.54, 1.807) is 0 Å². The zero-order valence-corrected chi connectivity index (χ0v) is 41.2. The highest BCUT2D eigenvalue weighted by Gasteiger charge is 2.19. The molecule has 0 aliphatic heterocycles. The summed E-state index contributed by atoms with van der Waals surface area (Å²) >= 11 is 0. The van der Waals surface area contributed by atoms with Crippen LogP contribution in [0.4, 0.5) is 0 Å². The lowest BCUT2D eigenvalue weighted by Crippen LogP contribution is -2.30. The van der Waals surface area contributed by atoms with Crippen molar-refractivity contribution in [2.24, 2.45) is 0 Å². The molecule has 0 N–H and O–H groups in total. The highest BCUT2D eigenvalue weighted by Crippen LogP contribution is 2.12. The van der Waals surface area contributed by atoms with Crippen molar-refractivity contribution in [3.63, 3.8) is 0 Å². The summed E-state index contributed by atoms with van der Waals surface area (Å²) in [6.45, 7) is 6.22. The Bertz CT molecular complexity index is 1490. The van der Waals surface area contributed by atoms with Crippen molar-refractivity contribution in [3.8, 4) is 0 Å². The molecule has 0 amide bonds. The molecular formula is C59H90O6. The van der Waals surface area contributed by atoms with Gasteiger partial charge in [-0.15, -0.1) is 0 Å². The van der Waals surface area contributed by atoms with Gasteiger partial charge >= 0.3 is 17.9 Å². The SMILES string of the molecule is CC/C=C/C=C/C=C/CCCCCCCC(=O)OCC(COC(=O)CCCCCCC/C=C/C=C/C=C/C=C/CCCCC)OC(=O)CC/C=C/C/C=C/C/C=C/C/C=C/C/C=C/CC. The summed E-state index contributed by atoms with van der Waals surface area (Å²) in [5.41, 5.74) is 0. The standard InChI is InChI=1S/C59H90O6/c1-4-7-10-13-16-19-22-25-27-29-30-32-34-37-40-43-46-49-52-58(61)64-55-56(54-63-57(60)51-48-45-42-39-36-33-24-21-18-15-12-9-6-3)65-59(62)53-50-47-44-41-38-35-31-28-26-23-20-17-14-11-8-5-2/h8-9,11-12,15-22,24-30,32,35,38,44,47,56H,4-7,10,13-14,23,31,33-34,36-37,39-43,45-46,48-55H2,1-3H3/b11-8+,12-9+,18-15+,19-16+,20-17+,24-21+,25-22+,28-26+,29-27+,32-30+,38-35+,47-44+. The van der Waals surface area contributed by atoms with E-state index in [0.717, 1.165) is 122 Å². The smallest absolute Gasteiger partial charge is 0.306 e. The summed E-state index contributed by atoms with van der Waals surface area (Å²) < 4.78 is 16.7. The first kappa shape index (κ1) is 60.3. The fourth-order valence-electron chi connectivity index (χ4n) is 6.21. The average Bonchev–Trinajstić information content (AvgIpc) is 3.30. The molecule has 0 bridgehead atoms. The van der Waals surface area contributed by atoms with E-state index in [2.05, 4.69) is 148 Å². The molecule has 0 aromatic rings. The van der Waals surface area contributed by atoms with Crippen molar-refractivity contribution in [1.29, 1.82) is 0 Å². The Balaban J connectivity index is 4.61. The van der Waals surface area contributed by atoms with Crippen LogP contribution in [0.15, 0.2) is 146 Å². The molecule has 0 aromatic carbocycles. The Morgan fingerprint density at radius 1 is 0.338 bits per heavy atom. The molecule has 1 unspecified atom stereocenters. The predicted octanol–water partition coefficient (Wildman–Crippen LogP) is 16.9. The van der Waals surface area contributed by atoms with Gasteiger partial charge in [0.05, 0.1) is 0 Å². The summed E-state index contributed by atoms with van der Waals surface area (Å²) in [7, 11) is 0. The van der Waals surface area contributed by atoms with E-state index in [-0.39, 0.29) is 31.6 Å². The van der Waals surface area contributed by atoms with Crippen LogP contribution < -0.4 is 0 Å². The van der Waals surface area contributed by atoms with Gasteiger partial charge in [-0.1, -0.05) is 218 Å². The van der Waals surface area contributed by atoms with E-state index in [4.69, 9.17) is 14.2 Å². The lowest BCUT2D eigenvalue weighted by Gasteiger charge is -2.18. The molecule has 0 spiro atoms. The molecule has 362 valence electrons. The monoisotopic (exact) mass is 895 g/mol. The van der Waals surface area contributed by atoms with Gasteiger partial charge in [0.25, 0.3) is 0 Å². The van der Waals surface area contributed by atoms with Crippen molar-refractivity contribution >= 4 is 17.9 Å². The van der Waals surface area contributed by atoms with E-state index in [1.807, 2.05) is 18.2 Å². The minimum atomic E-state index is -0.842. The van der Waals surface area contributed by atoms with Crippen molar-refractivity contribution in [3.05, 3.63) is 146 Å². The van der Waals surface area contributed by atoms with Gasteiger partial charge < -0.3 is 14.2 Å². The van der Waals surface area contributed by atoms with Crippen LogP contribution >= 0.6 is 0 Å². The second-order valence-electron chi connectivity index (χ2n) is 16.1. The van der Waals surface area contributed by atoms with Crippen LogP contribution in [-0.4, -0.2) is 37.2 Å². The highest BCUT2D eigenvalue weighted by molar-refractivity contribution is 5.71. The number of ether oxygens (including phenoxy) is 3. The van der Waals surface area contributed by atoms with Crippen LogP contribution in [0.3, 0.4) is 0 Å². The maximum Gasteiger partial charge on any atom is 0.306 e. The number of unbranched alkanes of at least 4 members (excludes halogenated alkanes) is 13. The third-order valence-corrected chi connectivity index (χ3v) is 9.98. The summed E-state index contributed by atoms with van der Waals surface area (Å²) in [5.74, 6) is -1.07. The fraction of sp³-hybridized carbons (Fsp3) is 0.542. The van der Waals surface area contributed by atoms with E-state index >= 15 is 0 Å². The van der Waals surface area contributed by atoms with Crippen LogP contribution in [-0.2, 0) is 28.6 Å². The van der Waals surface area contributed by atoms with Gasteiger partial charge in [-0.05, 0) is 96.3 Å². The van der Waals surface area contributed by atoms with E-state index in [0.29, 0.717) is 19.3 Å². The van der Waals surface area contributed by atoms with E-state index in [9.17, 15) is 14.4 Å². The maximum atomic E-state index is 12.8. The summed E-state index contributed by atoms with van der Waals surface area (Å²) in [6, 6.07) is 0. The first-order chi connectivity index (χ1) is 32.0. The molecule has 6 nitrogen and oxygen atoms in total. The molecule has 0 aromatic heterocycles. The minimum Gasteiger partial charge on any atom is -0.462 e. The third-order valence-electron chi connectivity index (χ3n) is 9.98. The molecular weight excluding hydrogens is 805 g/mol. The van der Waals surface area contributed by atoms with Gasteiger partial charge in [-0.3, -0.25) is 14.4 Å². The first-order valence-corrected chi connectivity index (χ1v) is 25.4. The third kappa shape index (κ3) is 50.2. The molecule has 65 heavy (non-hydrogen) atoms. The molecule has 0 saturated carbocycles. The summed E-state index contributed by atoms with van der Waals surface area (Å²) in [4.78, 5) is 37.9. The minimum absolute atomic E-state index is 0.133. The van der Waals surface area contributed by atoms with Gasteiger partial charge in [-0.25, -0.2) is 0 Å². The Hall–Kier alpha value is -4.71. The van der Waals surface area contributed by atoms with Gasteiger partial charge in [0, 0.05) is 19.3 Å². The summed E-state index contributed by atoms with van der Waals surface area (Å²) in [5, 5.41) is 0. The maximum absolute atomic E-state index is 12.8. The van der Waals surface area contributed by atoms with Crippen LogP contribution in [0.1, 0.15) is 188 Å². The van der Waals surface area contributed by atoms with Crippen LogP contribution in [0.25, 0.3) is 0 Å². The van der Waals surface area contributed by atoms with Crippen LogP contribution in [0, 0.1) is 0 Å². The number of hydrogen-bond donors (Lipinski definition) is 0. The second kappa shape index (κ2) is 51.9. The number of carbonyl (C=O) groups is 3. The van der Waals surface area contributed by atoms with Crippen molar-refractivity contribution in [2.75, 3.05) is 13.2 Å². The lowest BCUT2D eigenvalue weighted by molar-refractivity contribution is -0.166. The lowest BCUT2D eigenvalue weighted by atomic mass is 10.1. The van der Waals surface area contributed by atoms with Gasteiger partial charge in [0.1, 0.15) is 13.2 Å². The largest absolute Gasteiger partial charge is 0.462 e. The topological polar surface area (TPSA) is 78.9 Å². The van der Waals surface area contributed by atoms with Crippen molar-refractivity contribution in [1.82, 2.24) is 0 Å². The Kier molecular flexibility index (Phi) is 48.2. The first-order valence-electron chi connectivity index (χ1n) is 25.4. The zero-order chi connectivity index (χ0) is 47.2. The number of carbonyl (C=O) groups excluding carboxylic acids is 3. The van der Waals surface area contributed by atoms with Crippen molar-refractivity contribution in [2.45, 2.75) is 194 Å². The Morgan fingerprint density at radius 2 is 0.708 bits per heavy atom. The van der Waals surface area contributed by atoms with Gasteiger partial charge in [0.15, 0.2) is 6.10 Å². The van der Waals surface area contributed by atoms with E-state index in [1.165, 1.54) is 19.3 Å². The molecule has 0 aliphatic rings. The molecule has 6 heteroatoms. The van der Waals surface area contributed by atoms with Gasteiger partial charge in [-0.2, -0.15) is 0 Å². The molecule has 0 saturated heterocycles. The second-order valence-corrected chi connectivity index (χ2v) is 16.1. The molecule has 0 aliphatic carbocycles. The highest BCUT2D eigenvalue weighted by atomic mass is 16.6. The molecule has 0 fully saturated rings. The number of allylic oxidation sites excluding steroid dienone is 24. The summed E-state index contributed by atoms with van der Waals surface area (Å²) in [6.07, 6.45) is 74.1. The van der Waals surface area contributed by atoms with Crippen LogP contribution in [0.5, 0.6) is 0 Å². The predicted molar refractivity (Wildman–Crippen MR) is 279 cm³/mol. The fourth-order valence-corrected chi connectivity index (χ4v) is 6.21. The van der Waals surface area contributed by atoms with E-state index < -0.39 is 12.1 Å². The van der Waals surface area contributed by atoms with Crippen LogP contribution in [0.2, 0.25) is 0 Å². The Labute approximate surface area is 397 Å². The van der Waals surface area contributed by atoms with Crippen molar-refractivity contribution < 1.29 is 28.6 Å². The zero-order valence-electron chi connectivity index (χ0n) is 41.2. The average molecular weight is 895 g/mol. The molecule has 0 radical (unpaired) electrons. The molecule has 1 atom stereocenters. The Morgan fingerprint density at radius 3 is 1.15 bits per heavy atom. The quantitative estimate of drug-likeness (QED) is 0.0199. The number of esters is 3. The number of hydrogen-bond acceptors (Lipinski definition) is 6. The molecule has 0 rings (SSSR count). The van der Waals surface area contributed by atoms with Gasteiger partial charge in [0.2, 0.25) is 0 Å². The number of rotatable bonds is 43. The normalized spacial score (nSPS) is 13.3.